The Labute approximate surface area is 157 Å². The van der Waals surface area contributed by atoms with Crippen LogP contribution in [0, 0.1) is 0 Å². The van der Waals surface area contributed by atoms with Crippen LogP contribution in [0.1, 0.15) is 24.1 Å². The van der Waals surface area contributed by atoms with E-state index < -0.39 is 0 Å². The van der Waals surface area contributed by atoms with Gasteiger partial charge < -0.3 is 16.4 Å². The van der Waals surface area contributed by atoms with Crippen molar-refractivity contribution in [2.24, 2.45) is 0 Å². The monoisotopic (exact) mass is 359 g/mol. The Morgan fingerprint density at radius 1 is 1.00 bits per heavy atom. The summed E-state index contributed by atoms with van der Waals surface area (Å²) in [6.45, 7) is 2.73. The van der Waals surface area contributed by atoms with Gasteiger partial charge in [-0.15, -0.1) is 0 Å². The third-order valence-electron chi connectivity index (χ3n) is 4.45. The number of nitrogens with one attached hydrogen (secondary N) is 3. The van der Waals surface area contributed by atoms with E-state index >= 15 is 0 Å². The molecular formula is C20H21N7. The second-order valence-corrected chi connectivity index (χ2v) is 6.39. The Kier molecular flexibility index (Phi) is 4.57. The fourth-order valence-electron chi connectivity index (χ4n) is 2.95. The Morgan fingerprint density at radius 3 is 2.56 bits per heavy atom. The highest BCUT2D eigenvalue weighted by Gasteiger charge is 2.15. The first-order valence-electron chi connectivity index (χ1n) is 8.79. The minimum absolute atomic E-state index is 0.101. The van der Waals surface area contributed by atoms with E-state index in [1.807, 2.05) is 42.5 Å². The Morgan fingerprint density at radius 2 is 1.78 bits per heavy atom. The molecule has 27 heavy (non-hydrogen) atoms. The third kappa shape index (κ3) is 3.67. The smallest absolute Gasteiger partial charge is 0.162 e. The van der Waals surface area contributed by atoms with E-state index in [1.165, 1.54) is 11.9 Å². The summed E-state index contributed by atoms with van der Waals surface area (Å²) < 4.78 is 0. The standard InChI is InChI=1S/C20H21N7/c1-13(15-5-3-2-4-6-15)25-18-17-19(26-27-20(17)24-12-23-18)22-11-14-7-9-16(21)10-8-14/h2-10,12-13H,11,21H2,1H3,(H3,22,23,24,25,26,27)/t13-/m0/s1. The number of fused-ring (bicyclic) bond motifs is 1. The first kappa shape index (κ1) is 16.8. The van der Waals surface area contributed by atoms with Crippen LogP contribution in [-0.4, -0.2) is 20.2 Å². The second kappa shape index (κ2) is 7.33. The molecule has 0 bridgehead atoms. The van der Waals surface area contributed by atoms with Gasteiger partial charge in [0.05, 0.1) is 0 Å². The molecule has 5 N–H and O–H groups in total. The molecule has 4 rings (SSSR count). The van der Waals surface area contributed by atoms with E-state index in [0.29, 0.717) is 18.0 Å². The molecule has 2 heterocycles. The Bertz CT molecular complexity index is 1030. The highest BCUT2D eigenvalue weighted by atomic mass is 15.2. The van der Waals surface area contributed by atoms with Crippen LogP contribution in [0.15, 0.2) is 60.9 Å². The molecule has 1 atom stereocenters. The van der Waals surface area contributed by atoms with Crippen molar-refractivity contribution in [3.63, 3.8) is 0 Å². The van der Waals surface area contributed by atoms with Gasteiger partial charge in [0.25, 0.3) is 0 Å². The molecule has 0 aliphatic heterocycles. The van der Waals surface area contributed by atoms with E-state index in [1.54, 1.807) is 0 Å². The lowest BCUT2D eigenvalue weighted by atomic mass is 10.1. The van der Waals surface area contributed by atoms with E-state index in [0.717, 1.165) is 22.5 Å². The lowest BCUT2D eigenvalue weighted by Gasteiger charge is -2.15. The average Bonchev–Trinajstić information content (AvgIpc) is 3.12. The molecule has 136 valence electrons. The average molecular weight is 359 g/mol. The van der Waals surface area contributed by atoms with Gasteiger partial charge in [0, 0.05) is 18.3 Å². The molecule has 0 fully saturated rings. The van der Waals surface area contributed by atoms with E-state index in [-0.39, 0.29) is 6.04 Å². The maximum Gasteiger partial charge on any atom is 0.162 e. The van der Waals surface area contributed by atoms with Crippen LogP contribution < -0.4 is 16.4 Å². The predicted octanol–water partition coefficient (Wildman–Crippen LogP) is 3.72. The molecule has 4 aromatic rings. The van der Waals surface area contributed by atoms with Crippen LogP contribution >= 0.6 is 0 Å². The van der Waals surface area contributed by atoms with Crippen LogP contribution in [0.5, 0.6) is 0 Å². The predicted molar refractivity (Wildman–Crippen MR) is 108 cm³/mol. The largest absolute Gasteiger partial charge is 0.399 e. The summed E-state index contributed by atoms with van der Waals surface area (Å²) in [7, 11) is 0. The molecular weight excluding hydrogens is 338 g/mol. The van der Waals surface area contributed by atoms with E-state index in [4.69, 9.17) is 5.73 Å². The summed E-state index contributed by atoms with van der Waals surface area (Å²) in [6, 6.07) is 18.1. The molecule has 0 amide bonds. The van der Waals surface area contributed by atoms with Crippen molar-refractivity contribution in [1.29, 1.82) is 0 Å². The zero-order valence-electron chi connectivity index (χ0n) is 15.0. The number of nitrogens with zero attached hydrogens (tertiary/aromatic N) is 3. The molecule has 0 unspecified atom stereocenters. The normalized spacial score (nSPS) is 12.0. The Balaban J connectivity index is 1.58. The van der Waals surface area contributed by atoms with Gasteiger partial charge >= 0.3 is 0 Å². The number of aromatic amines is 1. The van der Waals surface area contributed by atoms with Gasteiger partial charge in [-0.1, -0.05) is 42.5 Å². The van der Waals surface area contributed by atoms with Gasteiger partial charge in [-0.25, -0.2) is 9.97 Å². The van der Waals surface area contributed by atoms with Crippen molar-refractivity contribution in [3.8, 4) is 0 Å². The van der Waals surface area contributed by atoms with E-state index in [9.17, 15) is 0 Å². The van der Waals surface area contributed by atoms with Gasteiger partial charge in [-0.05, 0) is 30.2 Å². The molecule has 0 aliphatic carbocycles. The van der Waals surface area contributed by atoms with Crippen molar-refractivity contribution in [2.45, 2.75) is 19.5 Å². The van der Waals surface area contributed by atoms with Gasteiger partial charge in [0.1, 0.15) is 17.5 Å². The molecule has 0 radical (unpaired) electrons. The SMILES string of the molecule is C[C@H](Nc1ncnc2[nH]nc(NCc3ccc(N)cc3)c12)c1ccccc1. The minimum atomic E-state index is 0.101. The fraction of sp³-hybridized carbons (Fsp3) is 0.150. The quantitative estimate of drug-likeness (QED) is 0.391. The van der Waals surface area contributed by atoms with Crippen molar-refractivity contribution >= 4 is 28.4 Å². The highest BCUT2D eigenvalue weighted by Crippen LogP contribution is 2.28. The van der Waals surface area contributed by atoms with Crippen molar-refractivity contribution in [2.75, 3.05) is 16.4 Å². The minimum Gasteiger partial charge on any atom is -0.399 e. The molecule has 0 saturated carbocycles. The summed E-state index contributed by atoms with van der Waals surface area (Å²) >= 11 is 0. The van der Waals surface area contributed by atoms with Crippen LogP contribution in [-0.2, 0) is 6.54 Å². The van der Waals surface area contributed by atoms with Crippen molar-refractivity contribution < 1.29 is 0 Å². The number of nitrogen functional groups attached to an aromatic ring is 1. The number of nitrogens with two attached hydrogens (primary N) is 1. The van der Waals surface area contributed by atoms with Gasteiger partial charge in [0.15, 0.2) is 11.5 Å². The third-order valence-corrected chi connectivity index (χ3v) is 4.45. The zero-order chi connectivity index (χ0) is 18.6. The number of rotatable bonds is 6. The number of aromatic nitrogens is 4. The van der Waals surface area contributed by atoms with Gasteiger partial charge in [-0.3, -0.25) is 5.10 Å². The molecule has 0 aliphatic rings. The molecule has 2 aromatic carbocycles. The lowest BCUT2D eigenvalue weighted by Crippen LogP contribution is -2.09. The van der Waals surface area contributed by atoms with Gasteiger partial charge in [-0.2, -0.15) is 5.10 Å². The van der Waals surface area contributed by atoms with Crippen molar-refractivity contribution in [1.82, 2.24) is 20.2 Å². The first-order chi connectivity index (χ1) is 13.2. The molecule has 0 spiro atoms. The fourth-order valence-corrected chi connectivity index (χ4v) is 2.95. The van der Waals surface area contributed by atoms with Gasteiger partial charge in [0.2, 0.25) is 0 Å². The molecule has 7 heteroatoms. The number of benzene rings is 2. The van der Waals surface area contributed by atoms with Crippen LogP contribution in [0.2, 0.25) is 0 Å². The molecule has 2 aromatic heterocycles. The summed E-state index contributed by atoms with van der Waals surface area (Å²) in [5, 5.41) is 15.0. The summed E-state index contributed by atoms with van der Waals surface area (Å²) in [5.41, 5.74) is 9.48. The second-order valence-electron chi connectivity index (χ2n) is 6.39. The summed E-state index contributed by atoms with van der Waals surface area (Å²) in [6.07, 6.45) is 1.53. The molecule has 7 nitrogen and oxygen atoms in total. The summed E-state index contributed by atoms with van der Waals surface area (Å²) in [4.78, 5) is 8.72. The zero-order valence-corrected chi connectivity index (χ0v) is 15.0. The first-order valence-corrected chi connectivity index (χ1v) is 8.79. The van der Waals surface area contributed by atoms with Crippen LogP contribution in [0.3, 0.4) is 0 Å². The van der Waals surface area contributed by atoms with Crippen LogP contribution in [0.25, 0.3) is 11.0 Å². The number of hydrogen-bond acceptors (Lipinski definition) is 6. The highest BCUT2D eigenvalue weighted by molar-refractivity contribution is 5.96. The maximum absolute atomic E-state index is 5.74. The lowest BCUT2D eigenvalue weighted by molar-refractivity contribution is 0.876. The maximum atomic E-state index is 5.74. The number of H-pyrrole nitrogens is 1. The topological polar surface area (TPSA) is 105 Å². The number of anilines is 3. The Hall–Kier alpha value is -3.61. The molecule has 0 saturated heterocycles. The van der Waals surface area contributed by atoms with Crippen molar-refractivity contribution in [3.05, 3.63) is 72.1 Å². The van der Waals surface area contributed by atoms with E-state index in [2.05, 4.69) is 49.9 Å². The van der Waals surface area contributed by atoms with Crippen LogP contribution in [0.4, 0.5) is 17.3 Å². The summed E-state index contributed by atoms with van der Waals surface area (Å²) in [5.74, 6) is 1.45. The number of hydrogen-bond donors (Lipinski definition) is 4.